The maximum Gasteiger partial charge on any atom is 0.255 e. The molecule has 1 heterocycles. The van der Waals surface area contributed by atoms with Crippen LogP contribution in [0.2, 0.25) is 0 Å². The van der Waals surface area contributed by atoms with Crippen molar-refractivity contribution in [3.8, 4) is 0 Å². The van der Waals surface area contributed by atoms with Crippen LogP contribution in [0.4, 0.5) is 5.95 Å². The Balaban J connectivity index is 2.05. The fourth-order valence-corrected chi connectivity index (χ4v) is 3.08. The molecule has 0 fully saturated rings. The Morgan fingerprint density at radius 2 is 2.00 bits per heavy atom. The summed E-state index contributed by atoms with van der Waals surface area (Å²) >= 11 is 0. The molecule has 2 N–H and O–H groups in total. The second kappa shape index (κ2) is 5.40. The van der Waals surface area contributed by atoms with Crippen molar-refractivity contribution in [2.24, 2.45) is 0 Å². The zero-order chi connectivity index (χ0) is 13.9. The van der Waals surface area contributed by atoms with Crippen molar-refractivity contribution in [3.05, 3.63) is 41.7 Å². The lowest BCUT2D eigenvalue weighted by Crippen LogP contribution is -2.21. The van der Waals surface area contributed by atoms with Gasteiger partial charge in [0, 0.05) is 0 Å². The predicted octanol–water partition coefficient (Wildman–Crippen LogP) is 1.66. The third-order valence-electron chi connectivity index (χ3n) is 2.68. The molecule has 0 radical (unpaired) electrons. The van der Waals surface area contributed by atoms with Gasteiger partial charge < -0.3 is 0 Å². The average molecular weight is 280 g/mol. The summed E-state index contributed by atoms with van der Waals surface area (Å²) in [4.78, 5) is 3.92. The van der Waals surface area contributed by atoms with Gasteiger partial charge in [-0.3, -0.25) is 5.10 Å². The molecule has 1 atom stereocenters. The quantitative estimate of drug-likeness (QED) is 0.872. The van der Waals surface area contributed by atoms with Gasteiger partial charge in [-0.1, -0.05) is 37.3 Å². The Morgan fingerprint density at radius 1 is 1.32 bits per heavy atom. The van der Waals surface area contributed by atoms with Crippen LogP contribution in [0.25, 0.3) is 0 Å². The highest BCUT2D eigenvalue weighted by Crippen LogP contribution is 2.17. The maximum atomic E-state index is 12.0. The second-order valence-corrected chi connectivity index (χ2v) is 6.21. The number of rotatable bonds is 5. The third kappa shape index (κ3) is 3.78. The Kier molecular flexibility index (Phi) is 3.84. The first-order chi connectivity index (χ1) is 8.96. The molecule has 19 heavy (non-hydrogen) atoms. The van der Waals surface area contributed by atoms with Gasteiger partial charge in [0.25, 0.3) is 5.95 Å². The number of H-pyrrole nitrogens is 1. The summed E-state index contributed by atoms with van der Waals surface area (Å²) in [7, 11) is -3.46. The molecular formula is C12H16N4O2S. The standard InChI is InChI=1S/C12H16N4O2S/c1-9(11-6-4-3-5-7-11)8-19(17,18)16-12-13-10(2)14-15-12/h3-7,9H,8H2,1-2H3,(H2,13,14,15,16). The average Bonchev–Trinajstić information content (AvgIpc) is 2.74. The minimum Gasteiger partial charge on any atom is -0.261 e. The van der Waals surface area contributed by atoms with Gasteiger partial charge in [0.15, 0.2) is 0 Å². The fourth-order valence-electron chi connectivity index (χ4n) is 1.78. The molecule has 0 aliphatic carbocycles. The van der Waals surface area contributed by atoms with Crippen LogP contribution in [0.5, 0.6) is 0 Å². The number of aromatic amines is 1. The minimum atomic E-state index is -3.46. The van der Waals surface area contributed by atoms with Crippen LogP contribution < -0.4 is 4.72 Å². The Hall–Kier alpha value is -1.89. The number of nitrogens with one attached hydrogen (secondary N) is 2. The van der Waals surface area contributed by atoms with Crippen LogP contribution in [0.1, 0.15) is 24.2 Å². The lowest BCUT2D eigenvalue weighted by atomic mass is 10.0. The van der Waals surface area contributed by atoms with Gasteiger partial charge in [-0.25, -0.2) is 13.1 Å². The maximum absolute atomic E-state index is 12.0. The zero-order valence-corrected chi connectivity index (χ0v) is 11.6. The van der Waals surface area contributed by atoms with Crippen LogP contribution in [0.3, 0.4) is 0 Å². The third-order valence-corrected chi connectivity index (χ3v) is 4.11. The van der Waals surface area contributed by atoms with Crippen LogP contribution in [-0.2, 0) is 10.0 Å². The molecule has 6 nitrogen and oxygen atoms in total. The number of hydrogen-bond acceptors (Lipinski definition) is 4. The van der Waals surface area contributed by atoms with Crippen molar-refractivity contribution >= 4 is 16.0 Å². The molecule has 0 amide bonds. The van der Waals surface area contributed by atoms with Crippen LogP contribution in [0.15, 0.2) is 30.3 Å². The number of nitrogens with zero attached hydrogens (tertiary/aromatic N) is 2. The highest BCUT2D eigenvalue weighted by atomic mass is 32.2. The first-order valence-corrected chi connectivity index (χ1v) is 7.56. The molecule has 0 aliphatic heterocycles. The van der Waals surface area contributed by atoms with Crippen molar-refractivity contribution in [1.82, 2.24) is 15.2 Å². The molecule has 1 aromatic carbocycles. The molecule has 2 aromatic rings. The Bertz CT molecular complexity index is 637. The van der Waals surface area contributed by atoms with Gasteiger partial charge in [-0.05, 0) is 18.4 Å². The number of benzene rings is 1. The topological polar surface area (TPSA) is 87.7 Å². The van der Waals surface area contributed by atoms with Gasteiger partial charge in [0.1, 0.15) is 5.82 Å². The summed E-state index contributed by atoms with van der Waals surface area (Å²) in [6.07, 6.45) is 0. The van der Waals surface area contributed by atoms with E-state index < -0.39 is 10.0 Å². The number of sulfonamides is 1. The summed E-state index contributed by atoms with van der Waals surface area (Å²) in [5.74, 6) is 0.537. The molecule has 1 unspecified atom stereocenters. The molecule has 0 bridgehead atoms. The zero-order valence-electron chi connectivity index (χ0n) is 10.8. The van der Waals surface area contributed by atoms with Gasteiger partial charge >= 0.3 is 0 Å². The Labute approximate surface area is 112 Å². The van der Waals surface area contributed by atoms with Crippen molar-refractivity contribution < 1.29 is 8.42 Å². The second-order valence-electron chi connectivity index (χ2n) is 4.44. The van der Waals surface area contributed by atoms with Gasteiger partial charge in [-0.2, -0.15) is 4.98 Å². The molecule has 102 valence electrons. The molecular weight excluding hydrogens is 264 g/mol. The Morgan fingerprint density at radius 3 is 2.58 bits per heavy atom. The van der Waals surface area contributed by atoms with Crippen molar-refractivity contribution in [2.75, 3.05) is 10.5 Å². The molecule has 2 rings (SSSR count). The lowest BCUT2D eigenvalue weighted by Gasteiger charge is -2.12. The van der Waals surface area contributed by atoms with Gasteiger partial charge in [-0.15, -0.1) is 5.10 Å². The normalized spacial score (nSPS) is 13.2. The molecule has 0 saturated heterocycles. The van der Waals surface area contributed by atoms with Crippen LogP contribution >= 0.6 is 0 Å². The lowest BCUT2D eigenvalue weighted by molar-refractivity contribution is 0.595. The van der Waals surface area contributed by atoms with E-state index in [2.05, 4.69) is 19.9 Å². The van der Waals surface area contributed by atoms with Crippen molar-refractivity contribution in [2.45, 2.75) is 19.8 Å². The number of aryl methyl sites for hydroxylation is 1. The van der Waals surface area contributed by atoms with Gasteiger partial charge in [0.2, 0.25) is 10.0 Å². The fraction of sp³-hybridized carbons (Fsp3) is 0.333. The van der Waals surface area contributed by atoms with E-state index >= 15 is 0 Å². The van der Waals surface area contributed by atoms with Crippen molar-refractivity contribution in [1.29, 1.82) is 0 Å². The van der Waals surface area contributed by atoms with E-state index in [0.29, 0.717) is 5.82 Å². The minimum absolute atomic E-state index is 0.00932. The highest BCUT2D eigenvalue weighted by Gasteiger charge is 2.18. The monoisotopic (exact) mass is 280 g/mol. The first kappa shape index (κ1) is 13.5. The van der Waals surface area contributed by atoms with E-state index in [-0.39, 0.29) is 17.6 Å². The SMILES string of the molecule is Cc1nc(NS(=O)(=O)CC(C)c2ccccc2)n[nH]1. The molecule has 1 aromatic heterocycles. The number of anilines is 1. The molecule has 0 aliphatic rings. The largest absolute Gasteiger partial charge is 0.261 e. The number of aromatic nitrogens is 3. The first-order valence-electron chi connectivity index (χ1n) is 5.91. The van der Waals surface area contributed by atoms with E-state index in [1.807, 2.05) is 37.3 Å². The summed E-state index contributed by atoms with van der Waals surface area (Å²) in [6.45, 7) is 3.58. The molecule has 7 heteroatoms. The van der Waals surface area contributed by atoms with Crippen LogP contribution in [0, 0.1) is 6.92 Å². The predicted molar refractivity (Wildman–Crippen MR) is 73.4 cm³/mol. The van der Waals surface area contributed by atoms with Crippen molar-refractivity contribution in [3.63, 3.8) is 0 Å². The number of hydrogen-bond donors (Lipinski definition) is 2. The van der Waals surface area contributed by atoms with E-state index in [4.69, 9.17) is 0 Å². The van der Waals surface area contributed by atoms with E-state index in [1.54, 1.807) is 6.92 Å². The van der Waals surface area contributed by atoms with E-state index in [0.717, 1.165) is 5.56 Å². The molecule has 0 spiro atoms. The van der Waals surface area contributed by atoms with Gasteiger partial charge in [0.05, 0.1) is 5.75 Å². The van der Waals surface area contributed by atoms with Crippen LogP contribution in [-0.4, -0.2) is 29.4 Å². The summed E-state index contributed by atoms with van der Waals surface area (Å²) < 4.78 is 26.3. The van der Waals surface area contributed by atoms with E-state index in [1.165, 1.54) is 0 Å². The van der Waals surface area contributed by atoms with E-state index in [9.17, 15) is 8.42 Å². The summed E-state index contributed by atoms with van der Waals surface area (Å²) in [5, 5.41) is 6.34. The molecule has 0 saturated carbocycles. The highest BCUT2D eigenvalue weighted by molar-refractivity contribution is 7.92. The summed E-state index contributed by atoms with van der Waals surface area (Å²) in [6, 6.07) is 9.52. The smallest absolute Gasteiger partial charge is 0.255 e. The summed E-state index contributed by atoms with van der Waals surface area (Å²) in [5.41, 5.74) is 0.985.